The van der Waals surface area contributed by atoms with Crippen molar-refractivity contribution in [1.82, 2.24) is 4.90 Å². The van der Waals surface area contributed by atoms with E-state index in [4.69, 9.17) is 16.7 Å². The number of hydrogen-bond acceptors (Lipinski definition) is 4. The third-order valence-electron chi connectivity index (χ3n) is 3.74. The van der Waals surface area contributed by atoms with Crippen LogP contribution in [0.5, 0.6) is 0 Å². The van der Waals surface area contributed by atoms with Crippen molar-refractivity contribution in [1.29, 1.82) is 0 Å². The molecule has 2 amide bonds. The van der Waals surface area contributed by atoms with Crippen LogP contribution >= 0.6 is 11.6 Å². The molecule has 1 atom stereocenters. The number of halogens is 1. The Hall–Kier alpha value is -1.86. The molecule has 2 rings (SSSR count). The third kappa shape index (κ3) is 3.86. The van der Waals surface area contributed by atoms with Gasteiger partial charge < -0.3 is 15.3 Å². The lowest BCUT2D eigenvalue weighted by molar-refractivity contribution is -0.384. The third-order valence-corrected chi connectivity index (χ3v) is 4.05. The molecule has 0 aromatic heterocycles. The SMILES string of the molecule is O=C(Nc1ccc([N+](=O)[O-])cc1Cl)N1CCCC1CCCO. The smallest absolute Gasteiger partial charge is 0.322 e. The van der Waals surface area contributed by atoms with Crippen LogP contribution in [0.15, 0.2) is 18.2 Å². The number of benzene rings is 1. The van der Waals surface area contributed by atoms with Gasteiger partial charge >= 0.3 is 6.03 Å². The number of nitrogens with zero attached hydrogens (tertiary/aromatic N) is 2. The maximum Gasteiger partial charge on any atom is 0.322 e. The van der Waals surface area contributed by atoms with E-state index in [1.807, 2.05) is 0 Å². The van der Waals surface area contributed by atoms with Crippen molar-refractivity contribution >= 4 is 29.0 Å². The Morgan fingerprint density at radius 1 is 1.55 bits per heavy atom. The first kappa shape index (κ1) is 16.5. The number of amides is 2. The van der Waals surface area contributed by atoms with Crippen LogP contribution in [0, 0.1) is 10.1 Å². The van der Waals surface area contributed by atoms with E-state index in [0.29, 0.717) is 18.7 Å². The number of carbonyl (C=O) groups excluding carboxylic acids is 1. The van der Waals surface area contributed by atoms with Gasteiger partial charge in [-0.25, -0.2) is 4.79 Å². The van der Waals surface area contributed by atoms with Crippen LogP contribution in [-0.2, 0) is 0 Å². The largest absolute Gasteiger partial charge is 0.396 e. The molecule has 1 aromatic carbocycles. The van der Waals surface area contributed by atoms with Gasteiger partial charge in [-0.3, -0.25) is 10.1 Å². The topological polar surface area (TPSA) is 95.7 Å². The van der Waals surface area contributed by atoms with Gasteiger partial charge in [-0.15, -0.1) is 0 Å². The molecule has 0 bridgehead atoms. The predicted octanol–water partition coefficient (Wildman–Crippen LogP) is 3.02. The van der Waals surface area contributed by atoms with Gasteiger partial charge in [0.05, 0.1) is 15.6 Å². The van der Waals surface area contributed by atoms with E-state index in [9.17, 15) is 14.9 Å². The van der Waals surface area contributed by atoms with Gasteiger partial charge in [0.25, 0.3) is 5.69 Å². The van der Waals surface area contributed by atoms with Crippen LogP contribution in [0.3, 0.4) is 0 Å². The normalized spacial score (nSPS) is 17.5. The monoisotopic (exact) mass is 327 g/mol. The highest BCUT2D eigenvalue weighted by atomic mass is 35.5. The number of anilines is 1. The summed E-state index contributed by atoms with van der Waals surface area (Å²) in [5.74, 6) is 0. The Balaban J connectivity index is 2.03. The van der Waals surface area contributed by atoms with Crippen LogP contribution < -0.4 is 5.32 Å². The number of carbonyl (C=O) groups is 1. The summed E-state index contributed by atoms with van der Waals surface area (Å²) in [7, 11) is 0. The molecule has 8 heteroatoms. The van der Waals surface area contributed by atoms with Gasteiger partial charge in [0.1, 0.15) is 0 Å². The van der Waals surface area contributed by atoms with Gasteiger partial charge in [-0.1, -0.05) is 11.6 Å². The van der Waals surface area contributed by atoms with E-state index in [2.05, 4.69) is 5.32 Å². The van der Waals surface area contributed by atoms with Gasteiger partial charge in [0.2, 0.25) is 0 Å². The molecule has 1 heterocycles. The van der Waals surface area contributed by atoms with Crippen molar-refractivity contribution in [3.63, 3.8) is 0 Å². The molecule has 0 aliphatic carbocycles. The lowest BCUT2D eigenvalue weighted by Crippen LogP contribution is -2.38. The standard InChI is InChI=1S/C14H18ClN3O4/c15-12-9-11(18(21)22)5-6-13(12)16-14(20)17-7-1-3-10(17)4-2-8-19/h5-6,9-10,19H,1-4,7-8H2,(H,16,20). The molecule has 0 spiro atoms. The van der Waals surface area contributed by atoms with Crippen molar-refractivity contribution in [2.45, 2.75) is 31.7 Å². The van der Waals surface area contributed by atoms with Crippen molar-refractivity contribution in [3.05, 3.63) is 33.3 Å². The number of nitrogens with one attached hydrogen (secondary N) is 1. The first-order valence-corrected chi connectivity index (χ1v) is 7.53. The zero-order valence-corrected chi connectivity index (χ0v) is 12.8. The number of aliphatic hydroxyl groups excluding tert-OH is 1. The van der Waals surface area contributed by atoms with Gasteiger partial charge in [-0.2, -0.15) is 0 Å². The Bertz CT molecular complexity index is 567. The zero-order chi connectivity index (χ0) is 16.1. The first-order chi connectivity index (χ1) is 10.5. The molecule has 1 aliphatic heterocycles. The minimum Gasteiger partial charge on any atom is -0.396 e. The van der Waals surface area contributed by atoms with Crippen LogP contribution in [0.25, 0.3) is 0 Å². The summed E-state index contributed by atoms with van der Waals surface area (Å²) in [6, 6.07) is 3.79. The zero-order valence-electron chi connectivity index (χ0n) is 12.0. The molecule has 0 saturated carbocycles. The van der Waals surface area contributed by atoms with E-state index in [-0.39, 0.29) is 29.4 Å². The molecule has 7 nitrogen and oxygen atoms in total. The van der Waals surface area contributed by atoms with E-state index in [1.54, 1.807) is 4.90 Å². The van der Waals surface area contributed by atoms with Gasteiger partial charge in [0, 0.05) is 31.3 Å². The van der Waals surface area contributed by atoms with Gasteiger partial charge in [-0.05, 0) is 31.7 Å². The maximum absolute atomic E-state index is 12.3. The van der Waals surface area contributed by atoms with Crippen LogP contribution in [0.4, 0.5) is 16.2 Å². The second-order valence-electron chi connectivity index (χ2n) is 5.21. The number of likely N-dealkylation sites (tertiary alicyclic amines) is 1. The van der Waals surface area contributed by atoms with Crippen LogP contribution in [0.1, 0.15) is 25.7 Å². The predicted molar refractivity (Wildman–Crippen MR) is 83.2 cm³/mol. The van der Waals surface area contributed by atoms with E-state index in [0.717, 1.165) is 19.3 Å². The summed E-state index contributed by atoms with van der Waals surface area (Å²) in [6.45, 7) is 0.771. The quantitative estimate of drug-likeness (QED) is 0.641. The molecule has 1 unspecified atom stereocenters. The number of nitro benzene ring substituents is 1. The fourth-order valence-electron chi connectivity index (χ4n) is 2.64. The summed E-state index contributed by atoms with van der Waals surface area (Å²) in [5, 5.41) is 22.4. The maximum atomic E-state index is 12.3. The Kier molecular flexibility index (Phi) is 5.57. The number of rotatable bonds is 5. The van der Waals surface area contributed by atoms with Crippen molar-refractivity contribution in [2.24, 2.45) is 0 Å². The second kappa shape index (κ2) is 7.42. The molecule has 1 saturated heterocycles. The molecule has 1 aliphatic rings. The van der Waals surface area contributed by atoms with Crippen molar-refractivity contribution in [2.75, 3.05) is 18.5 Å². The molecular formula is C14H18ClN3O4. The van der Waals surface area contributed by atoms with E-state index >= 15 is 0 Å². The number of nitro groups is 1. The second-order valence-corrected chi connectivity index (χ2v) is 5.61. The molecule has 2 N–H and O–H groups in total. The fraction of sp³-hybridized carbons (Fsp3) is 0.500. The summed E-state index contributed by atoms with van der Waals surface area (Å²) < 4.78 is 0. The minimum atomic E-state index is -0.539. The van der Waals surface area contributed by atoms with Crippen molar-refractivity contribution < 1.29 is 14.8 Å². The minimum absolute atomic E-state index is 0.111. The van der Waals surface area contributed by atoms with Crippen LogP contribution in [-0.4, -0.2) is 40.2 Å². The fourth-order valence-corrected chi connectivity index (χ4v) is 2.86. The summed E-state index contributed by atoms with van der Waals surface area (Å²) in [4.78, 5) is 24.2. The van der Waals surface area contributed by atoms with E-state index < -0.39 is 4.92 Å². The average molecular weight is 328 g/mol. The Labute approximate surface area is 133 Å². The average Bonchev–Trinajstić information content (AvgIpc) is 2.95. The van der Waals surface area contributed by atoms with Crippen molar-refractivity contribution in [3.8, 4) is 0 Å². The Morgan fingerprint density at radius 2 is 2.32 bits per heavy atom. The molecule has 1 fully saturated rings. The number of aliphatic hydroxyl groups is 1. The first-order valence-electron chi connectivity index (χ1n) is 7.15. The van der Waals surface area contributed by atoms with E-state index in [1.165, 1.54) is 18.2 Å². The lowest BCUT2D eigenvalue weighted by Gasteiger charge is -2.25. The number of urea groups is 1. The van der Waals surface area contributed by atoms with Crippen LogP contribution in [0.2, 0.25) is 5.02 Å². The van der Waals surface area contributed by atoms with Gasteiger partial charge in [0.15, 0.2) is 0 Å². The number of hydrogen-bond donors (Lipinski definition) is 2. The molecule has 0 radical (unpaired) electrons. The Morgan fingerprint density at radius 3 is 2.95 bits per heavy atom. The highest BCUT2D eigenvalue weighted by molar-refractivity contribution is 6.33. The molecule has 120 valence electrons. The lowest BCUT2D eigenvalue weighted by atomic mass is 10.1. The number of non-ortho nitro benzene ring substituents is 1. The highest BCUT2D eigenvalue weighted by Gasteiger charge is 2.28. The summed E-state index contributed by atoms with van der Waals surface area (Å²) >= 11 is 5.97. The summed E-state index contributed by atoms with van der Waals surface area (Å²) in [6.07, 6.45) is 3.27. The highest BCUT2D eigenvalue weighted by Crippen LogP contribution is 2.28. The molecule has 22 heavy (non-hydrogen) atoms. The summed E-state index contributed by atoms with van der Waals surface area (Å²) in [5.41, 5.74) is 0.232. The molecule has 1 aromatic rings. The molecular weight excluding hydrogens is 310 g/mol.